The van der Waals surface area contributed by atoms with E-state index in [4.69, 9.17) is 5.11 Å². The molecule has 68 valence electrons. The molecule has 0 amide bonds. The van der Waals surface area contributed by atoms with Gasteiger partial charge in [-0.05, 0) is 6.92 Å². The summed E-state index contributed by atoms with van der Waals surface area (Å²) in [5.41, 5.74) is 0.242. The van der Waals surface area contributed by atoms with E-state index < -0.39 is 11.0 Å². The van der Waals surface area contributed by atoms with E-state index in [0.29, 0.717) is 0 Å². The van der Waals surface area contributed by atoms with Gasteiger partial charge in [0.05, 0.1) is 6.10 Å². The lowest BCUT2D eigenvalue weighted by Crippen LogP contribution is -2.31. The highest BCUT2D eigenvalue weighted by atomic mass is 32.1. The molecule has 1 heterocycles. The van der Waals surface area contributed by atoms with Gasteiger partial charge in [-0.2, -0.15) is 0 Å². The fraction of sp³-hybridized carbons (Fsp3) is 0.429. The predicted molar refractivity (Wildman–Crippen MR) is 50.5 cm³/mol. The van der Waals surface area contributed by atoms with Crippen LogP contribution in [0, 0.1) is 0 Å². The van der Waals surface area contributed by atoms with Crippen molar-refractivity contribution in [1.29, 1.82) is 0 Å². The lowest BCUT2D eigenvalue weighted by Gasteiger charge is -2.24. The zero-order valence-electron chi connectivity index (χ0n) is 6.43. The second kappa shape index (κ2) is 3.26. The fourth-order valence-corrected chi connectivity index (χ4v) is 1.82. The third-order valence-corrected chi connectivity index (χ3v) is 2.97. The number of thiol groups is 1. The average Bonchev–Trinajstić information content (AvgIpc) is 2.35. The van der Waals surface area contributed by atoms with Crippen LogP contribution in [0.1, 0.15) is 12.5 Å². The molecule has 1 aromatic rings. The first-order valence-corrected chi connectivity index (χ1v) is 4.73. The highest BCUT2D eigenvalue weighted by Gasteiger charge is 2.33. The van der Waals surface area contributed by atoms with Crippen molar-refractivity contribution in [2.75, 3.05) is 0 Å². The molecule has 0 aliphatic rings. The largest absolute Gasteiger partial charge is 0.507 e. The summed E-state index contributed by atoms with van der Waals surface area (Å²) < 4.78 is 0. The van der Waals surface area contributed by atoms with E-state index in [0.717, 1.165) is 0 Å². The Labute approximate surface area is 79.7 Å². The van der Waals surface area contributed by atoms with E-state index >= 15 is 0 Å². The maximum atomic E-state index is 9.59. The summed E-state index contributed by atoms with van der Waals surface area (Å²) in [6, 6.07) is 0. The molecular formula is C7H10O3S2. The first kappa shape index (κ1) is 9.85. The number of thiophene rings is 1. The molecule has 0 aromatic carbocycles. The summed E-state index contributed by atoms with van der Waals surface area (Å²) in [6.45, 7) is 1.41. The molecule has 0 bridgehead atoms. The van der Waals surface area contributed by atoms with Gasteiger partial charge in [0.1, 0.15) is 5.75 Å². The van der Waals surface area contributed by atoms with Gasteiger partial charge in [-0.25, -0.2) is 0 Å². The summed E-state index contributed by atoms with van der Waals surface area (Å²) in [4.78, 5) is -1.68. The zero-order chi connectivity index (χ0) is 9.35. The third-order valence-electron chi connectivity index (χ3n) is 1.62. The predicted octanol–water partition coefficient (Wildman–Crippen LogP) is 0.909. The molecule has 0 fully saturated rings. The van der Waals surface area contributed by atoms with Crippen molar-refractivity contribution in [3.63, 3.8) is 0 Å². The highest BCUT2D eigenvalue weighted by molar-refractivity contribution is 7.81. The van der Waals surface area contributed by atoms with Gasteiger partial charge < -0.3 is 15.3 Å². The minimum atomic E-state index is -1.68. The molecule has 2 unspecified atom stereocenters. The molecule has 5 heteroatoms. The average molecular weight is 206 g/mol. The smallest absolute Gasteiger partial charge is 0.163 e. The van der Waals surface area contributed by atoms with Gasteiger partial charge in [-0.1, -0.05) is 0 Å². The first-order valence-electron chi connectivity index (χ1n) is 3.34. The molecule has 0 aliphatic heterocycles. The lowest BCUT2D eigenvalue weighted by atomic mass is 10.1. The monoisotopic (exact) mass is 206 g/mol. The second-order valence-electron chi connectivity index (χ2n) is 2.57. The Bertz CT molecular complexity index is 267. The molecule has 3 N–H and O–H groups in total. The van der Waals surface area contributed by atoms with Crippen molar-refractivity contribution in [2.24, 2.45) is 0 Å². The number of hydrogen-bond acceptors (Lipinski definition) is 5. The number of rotatable bonds is 2. The molecule has 12 heavy (non-hydrogen) atoms. The molecule has 1 rings (SSSR count). The first-order chi connectivity index (χ1) is 5.46. The maximum absolute atomic E-state index is 9.59. The molecule has 0 aliphatic carbocycles. The van der Waals surface area contributed by atoms with Crippen molar-refractivity contribution >= 4 is 24.0 Å². The summed E-state index contributed by atoms with van der Waals surface area (Å²) >= 11 is 5.10. The Morgan fingerprint density at radius 3 is 2.50 bits per heavy atom. The van der Waals surface area contributed by atoms with Crippen LogP contribution >= 0.6 is 24.0 Å². The topological polar surface area (TPSA) is 60.7 Å². The Morgan fingerprint density at radius 1 is 1.58 bits per heavy atom. The quantitative estimate of drug-likeness (QED) is 0.430. The second-order valence-corrected chi connectivity index (χ2v) is 4.00. The molecule has 0 saturated heterocycles. The third kappa shape index (κ3) is 1.59. The fourth-order valence-electron chi connectivity index (χ4n) is 0.791. The Hall–Kier alpha value is -0.230. The van der Waals surface area contributed by atoms with Crippen molar-refractivity contribution in [2.45, 2.75) is 18.0 Å². The normalized spacial score (nSPS) is 18.7. The van der Waals surface area contributed by atoms with Gasteiger partial charge >= 0.3 is 0 Å². The molecule has 2 atom stereocenters. The molecule has 1 aromatic heterocycles. The summed E-state index contributed by atoms with van der Waals surface area (Å²) in [5.74, 6) is -0.0431. The summed E-state index contributed by atoms with van der Waals surface area (Å²) in [7, 11) is 0. The van der Waals surface area contributed by atoms with Crippen LogP contribution in [0.2, 0.25) is 0 Å². The zero-order valence-corrected chi connectivity index (χ0v) is 8.14. The molecule has 0 spiro atoms. The van der Waals surface area contributed by atoms with Crippen molar-refractivity contribution < 1.29 is 15.3 Å². The van der Waals surface area contributed by atoms with Gasteiger partial charge in [-0.3, -0.25) is 0 Å². The molecule has 0 radical (unpaired) electrons. The van der Waals surface area contributed by atoms with Crippen LogP contribution < -0.4 is 0 Å². The van der Waals surface area contributed by atoms with Gasteiger partial charge in [-0.15, -0.1) is 24.0 Å². The van der Waals surface area contributed by atoms with Crippen LogP contribution in [-0.4, -0.2) is 21.4 Å². The number of aliphatic hydroxyl groups is 2. The van der Waals surface area contributed by atoms with Crippen LogP contribution in [-0.2, 0) is 4.93 Å². The SMILES string of the molecule is CC(O)C(O)(S)c1cscc1O. The standard InChI is InChI=1S/C7H10O3S2/c1-4(8)7(10,11)5-2-12-3-6(5)9/h2-4,8-11H,1H3. The minimum Gasteiger partial charge on any atom is -0.507 e. The Morgan fingerprint density at radius 2 is 2.17 bits per heavy atom. The Balaban J connectivity index is 3.05. The van der Waals surface area contributed by atoms with Gasteiger partial charge in [0, 0.05) is 16.3 Å². The van der Waals surface area contributed by atoms with Crippen LogP contribution in [0.15, 0.2) is 10.8 Å². The summed E-state index contributed by atoms with van der Waals surface area (Å²) in [5, 5.41) is 31.0. The maximum Gasteiger partial charge on any atom is 0.163 e. The van der Waals surface area contributed by atoms with Gasteiger partial charge in [0.15, 0.2) is 4.93 Å². The highest BCUT2D eigenvalue weighted by Crippen LogP contribution is 2.37. The minimum absolute atomic E-state index is 0.0431. The van der Waals surface area contributed by atoms with Crippen molar-refractivity contribution in [3.05, 3.63) is 16.3 Å². The van der Waals surface area contributed by atoms with E-state index in [9.17, 15) is 10.2 Å². The van der Waals surface area contributed by atoms with Crippen LogP contribution in [0.25, 0.3) is 0 Å². The number of aromatic hydroxyl groups is 1. The van der Waals surface area contributed by atoms with Crippen LogP contribution in [0.5, 0.6) is 5.75 Å². The van der Waals surface area contributed by atoms with Crippen LogP contribution in [0.4, 0.5) is 0 Å². The van der Waals surface area contributed by atoms with E-state index in [2.05, 4.69) is 12.6 Å². The molecular weight excluding hydrogens is 196 g/mol. The Kier molecular flexibility index (Phi) is 2.67. The summed E-state index contributed by atoms with van der Waals surface area (Å²) in [6.07, 6.45) is -1.04. The van der Waals surface area contributed by atoms with E-state index in [1.54, 1.807) is 5.38 Å². The molecule has 3 nitrogen and oxygen atoms in total. The van der Waals surface area contributed by atoms with E-state index in [1.165, 1.54) is 23.6 Å². The number of hydrogen-bond donors (Lipinski definition) is 4. The van der Waals surface area contributed by atoms with Crippen molar-refractivity contribution in [1.82, 2.24) is 0 Å². The molecule has 0 saturated carbocycles. The number of aliphatic hydroxyl groups excluding tert-OH is 1. The van der Waals surface area contributed by atoms with E-state index in [-0.39, 0.29) is 11.3 Å². The van der Waals surface area contributed by atoms with Gasteiger partial charge in [0.25, 0.3) is 0 Å². The van der Waals surface area contributed by atoms with Crippen LogP contribution in [0.3, 0.4) is 0 Å². The van der Waals surface area contributed by atoms with Gasteiger partial charge in [0.2, 0.25) is 0 Å². The lowest BCUT2D eigenvalue weighted by molar-refractivity contribution is 0.00192. The van der Waals surface area contributed by atoms with Crippen molar-refractivity contribution in [3.8, 4) is 5.75 Å². The van der Waals surface area contributed by atoms with E-state index in [1.807, 2.05) is 0 Å².